The van der Waals surface area contributed by atoms with Crippen LogP contribution in [-0.2, 0) is 15.6 Å². The lowest BCUT2D eigenvalue weighted by atomic mass is 10.2. The summed E-state index contributed by atoms with van der Waals surface area (Å²) in [6, 6.07) is 1.82. The van der Waals surface area contributed by atoms with Crippen molar-refractivity contribution in [2.75, 3.05) is 0 Å². The topological polar surface area (TPSA) is 75.8 Å². The zero-order chi connectivity index (χ0) is 12.5. The molecule has 88 valence electrons. The van der Waals surface area contributed by atoms with Gasteiger partial charge in [-0.25, -0.2) is 8.42 Å². The summed E-state index contributed by atoms with van der Waals surface area (Å²) in [6.45, 7) is 5.84. The summed E-state index contributed by atoms with van der Waals surface area (Å²) in [5.74, 6) is 0.211. The Morgan fingerprint density at radius 3 is 2.50 bits per heavy atom. The number of hydrogen-bond acceptors (Lipinski definition) is 4. The van der Waals surface area contributed by atoms with Gasteiger partial charge in [-0.15, -0.1) is 0 Å². The van der Waals surface area contributed by atoms with Crippen LogP contribution >= 0.6 is 10.7 Å². The van der Waals surface area contributed by atoms with Gasteiger partial charge in [-0.05, 0) is 12.8 Å². The second-order valence-corrected chi connectivity index (χ2v) is 6.37. The summed E-state index contributed by atoms with van der Waals surface area (Å²) in [5, 5.41) is 12.7. The van der Waals surface area contributed by atoms with Crippen molar-refractivity contribution in [3.05, 3.63) is 11.3 Å². The predicted molar refractivity (Wildman–Crippen MR) is 59.6 cm³/mol. The van der Waals surface area contributed by atoms with Gasteiger partial charge in [0, 0.05) is 17.2 Å². The van der Waals surface area contributed by atoms with Crippen LogP contribution in [0.5, 0.6) is 0 Å². The lowest BCUT2D eigenvalue weighted by Gasteiger charge is -2.07. The lowest BCUT2D eigenvalue weighted by molar-refractivity contribution is 0.449. The Bertz CT molecular complexity index is 540. The highest BCUT2D eigenvalue weighted by atomic mass is 35.7. The molecule has 7 heteroatoms. The zero-order valence-corrected chi connectivity index (χ0v) is 10.8. The molecule has 16 heavy (non-hydrogen) atoms. The molecule has 0 radical (unpaired) electrons. The van der Waals surface area contributed by atoms with Crippen LogP contribution in [-0.4, -0.2) is 18.2 Å². The van der Waals surface area contributed by atoms with E-state index < -0.39 is 9.05 Å². The van der Waals surface area contributed by atoms with E-state index in [4.69, 9.17) is 15.9 Å². The summed E-state index contributed by atoms with van der Waals surface area (Å²) in [5.41, 5.74) is 0.401. The Balaban J connectivity index is 3.47. The maximum atomic E-state index is 11.4. The Morgan fingerprint density at radius 2 is 2.12 bits per heavy atom. The van der Waals surface area contributed by atoms with Crippen LogP contribution in [0.2, 0.25) is 0 Å². The van der Waals surface area contributed by atoms with Gasteiger partial charge in [-0.2, -0.15) is 10.4 Å². The highest BCUT2D eigenvalue weighted by molar-refractivity contribution is 8.13. The Hall–Kier alpha value is -1.06. The van der Waals surface area contributed by atoms with E-state index >= 15 is 0 Å². The molecule has 0 unspecified atom stereocenters. The maximum absolute atomic E-state index is 11.4. The van der Waals surface area contributed by atoms with Crippen molar-refractivity contribution >= 4 is 19.7 Å². The standard InChI is InChI=1S/C9H12ClN3O2S/c1-6(2)5-13-9(16(10,14)15)8(4-11)7(3)12-13/h6H,5H2,1-3H3. The van der Waals surface area contributed by atoms with E-state index in [0.717, 1.165) is 0 Å². The van der Waals surface area contributed by atoms with E-state index in [1.54, 1.807) is 6.92 Å². The molecule has 0 saturated carbocycles. The molecule has 0 fully saturated rings. The minimum atomic E-state index is -3.95. The van der Waals surface area contributed by atoms with E-state index in [0.29, 0.717) is 12.2 Å². The first-order valence-corrected chi connectivity index (χ1v) is 7.00. The van der Waals surface area contributed by atoms with E-state index in [1.165, 1.54) is 4.68 Å². The van der Waals surface area contributed by atoms with E-state index in [-0.39, 0.29) is 16.5 Å². The number of hydrogen-bond donors (Lipinski definition) is 0. The van der Waals surface area contributed by atoms with Gasteiger partial charge in [0.1, 0.15) is 11.6 Å². The first-order chi connectivity index (χ1) is 7.27. The highest BCUT2D eigenvalue weighted by Crippen LogP contribution is 2.23. The van der Waals surface area contributed by atoms with Crippen molar-refractivity contribution in [2.45, 2.75) is 32.3 Å². The van der Waals surface area contributed by atoms with Gasteiger partial charge in [0.25, 0.3) is 9.05 Å². The molecule has 0 N–H and O–H groups in total. The molecule has 0 spiro atoms. The molecule has 0 aliphatic rings. The van der Waals surface area contributed by atoms with Crippen LogP contribution in [0.3, 0.4) is 0 Å². The smallest absolute Gasteiger partial charge is 0.251 e. The van der Waals surface area contributed by atoms with Crippen LogP contribution in [0.1, 0.15) is 25.1 Å². The molecule has 0 amide bonds. The highest BCUT2D eigenvalue weighted by Gasteiger charge is 2.25. The number of nitriles is 1. The first kappa shape index (κ1) is 13.0. The van der Waals surface area contributed by atoms with Crippen LogP contribution in [0.25, 0.3) is 0 Å². The zero-order valence-electron chi connectivity index (χ0n) is 9.23. The first-order valence-electron chi connectivity index (χ1n) is 4.69. The third-order valence-corrected chi connectivity index (χ3v) is 3.28. The van der Waals surface area contributed by atoms with Gasteiger partial charge in [0.15, 0.2) is 5.03 Å². The average Bonchev–Trinajstić information content (AvgIpc) is 2.39. The molecule has 0 saturated heterocycles. The number of aromatic nitrogens is 2. The van der Waals surface area contributed by atoms with Gasteiger partial charge in [0.05, 0.1) is 5.69 Å². The Kier molecular flexibility index (Phi) is 3.61. The molecule has 5 nitrogen and oxygen atoms in total. The lowest BCUT2D eigenvalue weighted by Crippen LogP contribution is -2.11. The van der Waals surface area contributed by atoms with Gasteiger partial charge < -0.3 is 0 Å². The monoisotopic (exact) mass is 261 g/mol. The SMILES string of the molecule is Cc1nn(CC(C)C)c(S(=O)(=O)Cl)c1C#N. The largest absolute Gasteiger partial charge is 0.279 e. The molecule has 0 aliphatic carbocycles. The number of aryl methyl sites for hydroxylation is 1. The van der Waals surface area contributed by atoms with Crippen LogP contribution in [0.4, 0.5) is 0 Å². The van der Waals surface area contributed by atoms with Crippen molar-refractivity contribution in [1.29, 1.82) is 5.26 Å². The van der Waals surface area contributed by atoms with Crippen LogP contribution in [0.15, 0.2) is 5.03 Å². The van der Waals surface area contributed by atoms with Crippen molar-refractivity contribution in [3.8, 4) is 6.07 Å². The number of rotatable bonds is 3. The fourth-order valence-corrected chi connectivity index (χ4v) is 2.68. The summed E-state index contributed by atoms with van der Waals surface area (Å²) < 4.78 is 24.0. The Labute approximate surface area is 99.1 Å². The van der Waals surface area contributed by atoms with Crippen molar-refractivity contribution in [3.63, 3.8) is 0 Å². The summed E-state index contributed by atoms with van der Waals surface area (Å²) >= 11 is 0. The molecule has 0 atom stereocenters. The molecular weight excluding hydrogens is 250 g/mol. The van der Waals surface area contributed by atoms with Crippen molar-refractivity contribution in [1.82, 2.24) is 9.78 Å². The maximum Gasteiger partial charge on any atom is 0.279 e. The second kappa shape index (κ2) is 4.44. The normalized spacial score (nSPS) is 11.8. The summed E-state index contributed by atoms with van der Waals surface area (Å²) in [6.07, 6.45) is 0. The number of halogens is 1. The van der Waals surface area contributed by atoms with Gasteiger partial charge in [0.2, 0.25) is 0 Å². The van der Waals surface area contributed by atoms with E-state index in [9.17, 15) is 8.42 Å². The Morgan fingerprint density at radius 1 is 1.56 bits per heavy atom. The third kappa shape index (κ3) is 2.54. The number of nitrogens with zero attached hydrogens (tertiary/aromatic N) is 3. The third-order valence-electron chi connectivity index (χ3n) is 1.96. The summed E-state index contributed by atoms with van der Waals surface area (Å²) in [4.78, 5) is 0. The fraction of sp³-hybridized carbons (Fsp3) is 0.556. The molecule has 1 aromatic rings. The molecule has 1 rings (SSSR count). The quantitative estimate of drug-likeness (QED) is 0.775. The van der Waals surface area contributed by atoms with Crippen LogP contribution in [0, 0.1) is 24.2 Å². The summed E-state index contributed by atoms with van der Waals surface area (Å²) in [7, 11) is 1.35. The molecule has 0 aliphatic heterocycles. The molecule has 1 aromatic heterocycles. The van der Waals surface area contributed by atoms with Crippen molar-refractivity contribution < 1.29 is 8.42 Å². The van der Waals surface area contributed by atoms with Gasteiger partial charge in [-0.3, -0.25) is 4.68 Å². The van der Waals surface area contributed by atoms with Gasteiger partial charge >= 0.3 is 0 Å². The fourth-order valence-electron chi connectivity index (χ4n) is 1.41. The molecule has 0 bridgehead atoms. The molecule has 1 heterocycles. The van der Waals surface area contributed by atoms with Crippen LogP contribution < -0.4 is 0 Å². The minimum Gasteiger partial charge on any atom is -0.251 e. The second-order valence-electron chi connectivity index (χ2n) is 3.89. The van der Waals surface area contributed by atoms with E-state index in [1.807, 2.05) is 19.9 Å². The van der Waals surface area contributed by atoms with Gasteiger partial charge in [-0.1, -0.05) is 13.8 Å². The molecular formula is C9H12ClN3O2S. The predicted octanol–water partition coefficient (Wildman–Crippen LogP) is 1.65. The minimum absolute atomic E-state index is 0.0238. The van der Waals surface area contributed by atoms with Crippen molar-refractivity contribution in [2.24, 2.45) is 5.92 Å². The van der Waals surface area contributed by atoms with E-state index in [2.05, 4.69) is 5.10 Å². The average molecular weight is 262 g/mol. The molecule has 0 aromatic carbocycles.